The van der Waals surface area contributed by atoms with Crippen molar-refractivity contribution in [3.8, 4) is 0 Å². The van der Waals surface area contributed by atoms with E-state index in [0.717, 1.165) is 38.3 Å². The highest BCUT2D eigenvalue weighted by atomic mass is 19.4. The van der Waals surface area contributed by atoms with Crippen LogP contribution in [0.25, 0.3) is 0 Å². The molecule has 0 spiro atoms. The van der Waals surface area contributed by atoms with E-state index in [2.05, 4.69) is 6.92 Å². The number of piperidine rings is 1. The Bertz CT molecular complexity index is 159. The van der Waals surface area contributed by atoms with Gasteiger partial charge in [-0.3, -0.25) is 0 Å². The molecule has 0 unspecified atom stereocenters. The Kier molecular flexibility index (Phi) is 4.23. The molecule has 1 aliphatic heterocycles. The molecular formula is C10H18F3N. The fourth-order valence-corrected chi connectivity index (χ4v) is 1.90. The van der Waals surface area contributed by atoms with Gasteiger partial charge in [0.2, 0.25) is 0 Å². The van der Waals surface area contributed by atoms with Crippen molar-refractivity contribution in [1.29, 1.82) is 0 Å². The first-order valence-corrected chi connectivity index (χ1v) is 5.30. The molecule has 0 N–H and O–H groups in total. The van der Waals surface area contributed by atoms with Gasteiger partial charge in [0.25, 0.3) is 0 Å². The van der Waals surface area contributed by atoms with Gasteiger partial charge in [-0.05, 0) is 31.8 Å². The first-order chi connectivity index (χ1) is 6.51. The Morgan fingerprint density at radius 3 is 2.21 bits per heavy atom. The van der Waals surface area contributed by atoms with E-state index in [0.29, 0.717) is 0 Å². The van der Waals surface area contributed by atoms with Crippen LogP contribution in [0.15, 0.2) is 0 Å². The standard InChI is InChI=1S/C10H18F3N/c1-2-9-3-6-14(7-4-9)8-5-10(11,12)13/h9H,2-8H2,1H3. The van der Waals surface area contributed by atoms with Crippen LogP contribution in [0.3, 0.4) is 0 Å². The lowest BCUT2D eigenvalue weighted by atomic mass is 9.94. The molecule has 1 heterocycles. The third-order valence-electron chi connectivity index (χ3n) is 3.00. The Hall–Kier alpha value is -0.250. The molecule has 0 bridgehead atoms. The predicted molar refractivity (Wildman–Crippen MR) is 50.1 cm³/mol. The summed E-state index contributed by atoms with van der Waals surface area (Å²) in [7, 11) is 0. The maximum absolute atomic E-state index is 11.9. The van der Waals surface area contributed by atoms with E-state index in [1.165, 1.54) is 0 Å². The van der Waals surface area contributed by atoms with Gasteiger partial charge in [-0.2, -0.15) is 13.2 Å². The lowest BCUT2D eigenvalue weighted by molar-refractivity contribution is -0.138. The van der Waals surface area contributed by atoms with E-state index >= 15 is 0 Å². The monoisotopic (exact) mass is 209 g/mol. The van der Waals surface area contributed by atoms with Crippen LogP contribution in [0, 0.1) is 5.92 Å². The number of hydrogen-bond donors (Lipinski definition) is 0. The summed E-state index contributed by atoms with van der Waals surface area (Å²) in [5.74, 6) is 0.733. The molecule has 0 radical (unpaired) electrons. The molecule has 14 heavy (non-hydrogen) atoms. The summed E-state index contributed by atoms with van der Waals surface area (Å²) >= 11 is 0. The Balaban J connectivity index is 2.16. The van der Waals surface area contributed by atoms with E-state index in [1.807, 2.05) is 4.90 Å². The molecule has 0 amide bonds. The minimum absolute atomic E-state index is 0.180. The first kappa shape index (κ1) is 11.8. The molecule has 1 nitrogen and oxygen atoms in total. The zero-order valence-corrected chi connectivity index (χ0v) is 8.61. The molecule has 4 heteroatoms. The second-order valence-corrected chi connectivity index (χ2v) is 4.06. The van der Waals surface area contributed by atoms with Gasteiger partial charge < -0.3 is 4.90 Å². The lowest BCUT2D eigenvalue weighted by Crippen LogP contribution is -2.35. The van der Waals surface area contributed by atoms with Gasteiger partial charge in [-0.1, -0.05) is 13.3 Å². The maximum Gasteiger partial charge on any atom is 0.390 e. The van der Waals surface area contributed by atoms with E-state index in [-0.39, 0.29) is 6.54 Å². The summed E-state index contributed by atoms with van der Waals surface area (Å²) in [5, 5.41) is 0. The van der Waals surface area contributed by atoms with Crippen molar-refractivity contribution in [2.45, 2.75) is 38.8 Å². The molecule has 1 aliphatic rings. The number of likely N-dealkylation sites (tertiary alicyclic amines) is 1. The van der Waals surface area contributed by atoms with Crippen LogP contribution in [0.5, 0.6) is 0 Å². The highest BCUT2D eigenvalue weighted by molar-refractivity contribution is 4.71. The maximum atomic E-state index is 11.9. The van der Waals surface area contributed by atoms with Crippen LogP contribution in [-0.4, -0.2) is 30.7 Å². The van der Waals surface area contributed by atoms with Gasteiger partial charge in [-0.25, -0.2) is 0 Å². The molecule has 0 aromatic carbocycles. The molecule has 0 aliphatic carbocycles. The average molecular weight is 209 g/mol. The Labute approximate surface area is 83.3 Å². The third kappa shape index (κ3) is 4.31. The minimum Gasteiger partial charge on any atom is -0.303 e. The molecule has 0 aromatic rings. The smallest absolute Gasteiger partial charge is 0.303 e. The van der Waals surface area contributed by atoms with Crippen molar-refractivity contribution in [1.82, 2.24) is 4.90 Å². The van der Waals surface area contributed by atoms with Crippen molar-refractivity contribution in [3.05, 3.63) is 0 Å². The highest BCUT2D eigenvalue weighted by Gasteiger charge is 2.28. The summed E-state index contributed by atoms with van der Waals surface area (Å²) in [6.07, 6.45) is -1.37. The van der Waals surface area contributed by atoms with E-state index in [1.54, 1.807) is 0 Å². The van der Waals surface area contributed by atoms with Crippen molar-refractivity contribution in [3.63, 3.8) is 0 Å². The zero-order valence-electron chi connectivity index (χ0n) is 8.61. The van der Waals surface area contributed by atoms with E-state index in [4.69, 9.17) is 0 Å². The largest absolute Gasteiger partial charge is 0.390 e. The number of nitrogens with zero attached hydrogens (tertiary/aromatic N) is 1. The van der Waals surface area contributed by atoms with Crippen LogP contribution < -0.4 is 0 Å². The lowest BCUT2D eigenvalue weighted by Gasteiger charge is -2.31. The molecule has 1 rings (SSSR count). The number of alkyl halides is 3. The van der Waals surface area contributed by atoms with Crippen molar-refractivity contribution < 1.29 is 13.2 Å². The summed E-state index contributed by atoms with van der Waals surface area (Å²) in [6, 6.07) is 0. The van der Waals surface area contributed by atoms with Crippen LogP contribution >= 0.6 is 0 Å². The molecular weight excluding hydrogens is 191 g/mol. The Morgan fingerprint density at radius 1 is 1.21 bits per heavy atom. The minimum atomic E-state index is -4.00. The second kappa shape index (κ2) is 5.01. The first-order valence-electron chi connectivity index (χ1n) is 5.30. The molecule has 84 valence electrons. The van der Waals surface area contributed by atoms with Crippen LogP contribution in [-0.2, 0) is 0 Å². The fourth-order valence-electron chi connectivity index (χ4n) is 1.90. The van der Waals surface area contributed by atoms with Crippen LogP contribution in [0.4, 0.5) is 13.2 Å². The molecule has 0 aromatic heterocycles. The van der Waals surface area contributed by atoms with Gasteiger partial charge in [0.1, 0.15) is 0 Å². The predicted octanol–water partition coefficient (Wildman–Crippen LogP) is 3.06. The summed E-state index contributed by atoms with van der Waals surface area (Å²) in [6.45, 7) is 4.01. The molecule has 1 fully saturated rings. The Morgan fingerprint density at radius 2 is 1.79 bits per heavy atom. The van der Waals surface area contributed by atoms with Gasteiger partial charge >= 0.3 is 6.18 Å². The van der Waals surface area contributed by atoms with Crippen molar-refractivity contribution in [2.75, 3.05) is 19.6 Å². The van der Waals surface area contributed by atoms with Crippen molar-refractivity contribution >= 4 is 0 Å². The highest BCUT2D eigenvalue weighted by Crippen LogP contribution is 2.23. The number of hydrogen-bond acceptors (Lipinski definition) is 1. The fraction of sp³-hybridized carbons (Fsp3) is 1.00. The van der Waals surface area contributed by atoms with Gasteiger partial charge in [0.15, 0.2) is 0 Å². The van der Waals surface area contributed by atoms with Gasteiger partial charge in [0.05, 0.1) is 6.42 Å². The molecule has 0 atom stereocenters. The zero-order chi connectivity index (χ0) is 10.6. The summed E-state index contributed by atoms with van der Waals surface area (Å²) in [4.78, 5) is 1.93. The van der Waals surface area contributed by atoms with Gasteiger partial charge in [-0.15, -0.1) is 0 Å². The molecule has 1 saturated heterocycles. The SMILES string of the molecule is CCC1CCN(CCC(F)(F)F)CC1. The average Bonchev–Trinajstić information content (AvgIpc) is 2.14. The number of rotatable bonds is 3. The van der Waals surface area contributed by atoms with E-state index < -0.39 is 12.6 Å². The summed E-state index contributed by atoms with van der Waals surface area (Å²) < 4.78 is 35.8. The second-order valence-electron chi connectivity index (χ2n) is 4.06. The van der Waals surface area contributed by atoms with Crippen LogP contribution in [0.1, 0.15) is 32.6 Å². The normalized spacial score (nSPS) is 21.4. The topological polar surface area (TPSA) is 3.24 Å². The molecule has 0 saturated carbocycles. The quantitative estimate of drug-likeness (QED) is 0.690. The van der Waals surface area contributed by atoms with E-state index in [9.17, 15) is 13.2 Å². The van der Waals surface area contributed by atoms with Crippen LogP contribution in [0.2, 0.25) is 0 Å². The third-order valence-corrected chi connectivity index (χ3v) is 3.00. The number of halogens is 3. The van der Waals surface area contributed by atoms with Gasteiger partial charge in [0, 0.05) is 6.54 Å². The summed E-state index contributed by atoms with van der Waals surface area (Å²) in [5.41, 5.74) is 0. The van der Waals surface area contributed by atoms with Crippen molar-refractivity contribution in [2.24, 2.45) is 5.92 Å².